The van der Waals surface area contributed by atoms with Crippen molar-refractivity contribution in [3.05, 3.63) is 221 Å². The summed E-state index contributed by atoms with van der Waals surface area (Å²) in [6.07, 6.45) is 10.7. The van der Waals surface area contributed by atoms with Gasteiger partial charge in [0.25, 0.3) is 0 Å². The van der Waals surface area contributed by atoms with E-state index in [-0.39, 0.29) is 130 Å². The van der Waals surface area contributed by atoms with Crippen molar-refractivity contribution in [1.29, 1.82) is 0 Å². The molecule has 7 aromatic rings. The number of amides is 5. The molecule has 0 aromatic heterocycles. The molecule has 28 heteroatoms. The molecule has 0 fully saturated rings. The maximum absolute atomic E-state index is 12.2. The Kier molecular flexibility index (Phi) is 58.1. The third-order valence-corrected chi connectivity index (χ3v) is 20.3. The molecule has 7 N–H and O–H groups in total. The summed E-state index contributed by atoms with van der Waals surface area (Å²) in [6, 6.07) is 58.3. The number of likely N-dealkylation sites (N-methyl/N-ethyl adjacent to an activating group) is 1. The number of carboxylic acid groups (broad SMARTS) is 7. The fourth-order valence-corrected chi connectivity index (χ4v) is 13.1. The molecule has 3 atom stereocenters. The fraction of sp³-hybridized carbons (Fsp3) is 0.434. The topological polar surface area (TPSA) is 400 Å². The molecule has 0 saturated heterocycles. The van der Waals surface area contributed by atoms with Crippen molar-refractivity contribution in [2.45, 2.75) is 228 Å². The number of Topliss-reactive ketones (excluding diaryl/α,β-unsaturated/α-hetero) is 2. The lowest BCUT2D eigenvalue weighted by molar-refractivity contribution is -0.139. The predicted molar refractivity (Wildman–Crippen MR) is 498 cm³/mol. The number of carbonyl (C=O) groups is 14. The van der Waals surface area contributed by atoms with Gasteiger partial charge in [0, 0.05) is 150 Å². The Morgan fingerprint density at radius 3 is 1.09 bits per heavy atom. The summed E-state index contributed by atoms with van der Waals surface area (Å²) < 4.78 is 0. The highest BCUT2D eigenvalue weighted by Crippen LogP contribution is 2.28. The first-order valence-corrected chi connectivity index (χ1v) is 43.5. The van der Waals surface area contributed by atoms with Crippen molar-refractivity contribution >= 4 is 123 Å². The highest BCUT2D eigenvalue weighted by molar-refractivity contribution is 6.30. The summed E-state index contributed by atoms with van der Waals surface area (Å²) in [4.78, 5) is 167. The van der Waals surface area contributed by atoms with E-state index in [4.69, 9.17) is 47.3 Å². The van der Waals surface area contributed by atoms with Gasteiger partial charge in [0.15, 0.2) is 5.78 Å². The van der Waals surface area contributed by atoms with Crippen LogP contribution < -0.4 is 24.5 Å². The number of para-hydroxylation sites is 3. The number of benzene rings is 7. The molecular weight excluding hydrogens is 1640 g/mol. The molecule has 0 spiro atoms. The summed E-state index contributed by atoms with van der Waals surface area (Å²) in [5, 5.41) is 60.5. The largest absolute Gasteiger partial charge is 0.481 e. The molecule has 5 amide bonds. The molecule has 0 aliphatic rings. The summed E-state index contributed by atoms with van der Waals surface area (Å²) in [5.74, 6) is -6.44. The van der Waals surface area contributed by atoms with E-state index in [2.05, 4.69) is 0 Å². The number of hydrogen-bond donors (Lipinski definition) is 7. The van der Waals surface area contributed by atoms with Crippen molar-refractivity contribution in [3.63, 3.8) is 0 Å². The van der Waals surface area contributed by atoms with E-state index >= 15 is 0 Å². The van der Waals surface area contributed by atoms with Crippen molar-refractivity contribution in [2.75, 3.05) is 72.3 Å². The lowest BCUT2D eigenvalue weighted by Crippen LogP contribution is -2.35. The van der Waals surface area contributed by atoms with Crippen LogP contribution in [0, 0.1) is 26.7 Å². The SMILES string of the molecule is CCC(C(=O)CCC(=O)O)c1ccccc1C.CCN(C(=O)C(C)CCC(=O)O)c1ccccc1.CCN(C(=O)CCCCC(=O)O)c1ccc(Cl)cc1.CCN(C(=O)CCCCCCCCC(=O)O)c1ccccc1.CN(C)C(C(=O)CCC(=O)O)c1ccccc1.Cc1ccc(N(C)C(=O)CCCC(=O)O)cc1.Cc1ccccc1N(C)C(=O)CCCC(=O)O. The Morgan fingerprint density at radius 1 is 0.323 bits per heavy atom. The number of carboxylic acids is 7. The molecule has 7 rings (SSSR count). The summed E-state index contributed by atoms with van der Waals surface area (Å²) in [7, 11) is 7.05. The average Bonchev–Trinajstić information content (AvgIpc) is 0.855. The van der Waals surface area contributed by atoms with Gasteiger partial charge in [-0.15, -0.1) is 0 Å². The maximum Gasteiger partial charge on any atom is 0.303 e. The van der Waals surface area contributed by atoms with Crippen molar-refractivity contribution < 1.29 is 103 Å². The molecule has 7 aromatic carbocycles. The van der Waals surface area contributed by atoms with Crippen LogP contribution in [0.15, 0.2) is 188 Å². The lowest BCUT2D eigenvalue weighted by Gasteiger charge is -2.24. The van der Waals surface area contributed by atoms with E-state index in [0.29, 0.717) is 76.0 Å². The average molecular weight is 1780 g/mol. The first-order valence-electron chi connectivity index (χ1n) is 43.1. The Hall–Kier alpha value is -12.2. The number of halogens is 1. The summed E-state index contributed by atoms with van der Waals surface area (Å²) >= 11 is 5.81. The molecule has 692 valence electrons. The van der Waals surface area contributed by atoms with Crippen molar-refractivity contribution in [2.24, 2.45) is 5.92 Å². The van der Waals surface area contributed by atoms with Gasteiger partial charge in [-0.25, -0.2) is 0 Å². The van der Waals surface area contributed by atoms with Crippen LogP contribution in [0.4, 0.5) is 28.4 Å². The second-order valence-electron chi connectivity index (χ2n) is 30.3. The Morgan fingerprint density at radius 2 is 0.669 bits per heavy atom. The number of ketones is 2. The van der Waals surface area contributed by atoms with Crippen LogP contribution in [0.2, 0.25) is 5.02 Å². The normalized spacial score (nSPS) is 11.0. The van der Waals surface area contributed by atoms with E-state index in [9.17, 15) is 67.1 Å². The van der Waals surface area contributed by atoms with Gasteiger partial charge in [-0.1, -0.05) is 178 Å². The molecular formula is C99H133ClN6O21. The van der Waals surface area contributed by atoms with Gasteiger partial charge < -0.3 is 60.2 Å². The van der Waals surface area contributed by atoms with Crippen LogP contribution >= 0.6 is 11.6 Å². The van der Waals surface area contributed by atoms with Gasteiger partial charge in [-0.05, 0) is 196 Å². The molecule has 0 heterocycles. The minimum Gasteiger partial charge on any atom is -0.481 e. The molecule has 3 unspecified atom stereocenters. The van der Waals surface area contributed by atoms with Crippen LogP contribution in [0.25, 0.3) is 0 Å². The third kappa shape index (κ3) is 48.7. The van der Waals surface area contributed by atoms with E-state index in [1.165, 1.54) is 0 Å². The predicted octanol–water partition coefficient (Wildman–Crippen LogP) is 19.2. The second kappa shape index (κ2) is 65.4. The smallest absolute Gasteiger partial charge is 0.303 e. The number of nitrogens with zero attached hydrogens (tertiary/aromatic N) is 6. The quantitative estimate of drug-likeness (QED) is 0.0174. The third-order valence-electron chi connectivity index (χ3n) is 20.0. The van der Waals surface area contributed by atoms with Crippen molar-refractivity contribution in [3.8, 4) is 0 Å². The number of rotatable bonds is 46. The maximum atomic E-state index is 12.2. The van der Waals surface area contributed by atoms with Crippen LogP contribution in [0.1, 0.15) is 235 Å². The molecule has 127 heavy (non-hydrogen) atoms. The van der Waals surface area contributed by atoms with Gasteiger partial charge in [-0.3, -0.25) is 72.0 Å². The second-order valence-corrected chi connectivity index (χ2v) is 30.7. The zero-order chi connectivity index (χ0) is 95.3. The fourth-order valence-electron chi connectivity index (χ4n) is 13.0. The molecule has 27 nitrogen and oxygen atoms in total. The van der Waals surface area contributed by atoms with E-state index in [1.54, 1.807) is 69.8 Å². The summed E-state index contributed by atoms with van der Waals surface area (Å²) in [5.41, 5.74) is 9.50. The van der Waals surface area contributed by atoms with E-state index in [0.717, 1.165) is 94.8 Å². The van der Waals surface area contributed by atoms with Crippen LogP contribution in [0.5, 0.6) is 0 Å². The van der Waals surface area contributed by atoms with Gasteiger partial charge in [0.05, 0.1) is 18.9 Å². The first-order chi connectivity index (χ1) is 60.3. The molecule has 0 bridgehead atoms. The number of hydrogen-bond acceptors (Lipinski definition) is 15. The minimum absolute atomic E-state index is 0.00945. The van der Waals surface area contributed by atoms with Gasteiger partial charge in [-0.2, -0.15) is 0 Å². The molecule has 0 aliphatic heterocycles. The summed E-state index contributed by atoms with van der Waals surface area (Å²) in [6.45, 7) is 17.3. The number of unbranched alkanes of at least 4 members (excludes halogenated alkanes) is 6. The van der Waals surface area contributed by atoms with Crippen LogP contribution in [-0.4, -0.2) is 171 Å². The Labute approximate surface area is 753 Å². The monoisotopic (exact) mass is 1780 g/mol. The Bertz CT molecular complexity index is 4480. The first kappa shape index (κ1) is 113. The highest BCUT2D eigenvalue weighted by Gasteiger charge is 2.26. The van der Waals surface area contributed by atoms with Crippen LogP contribution in [-0.2, 0) is 67.1 Å². The van der Waals surface area contributed by atoms with Gasteiger partial charge in [0.1, 0.15) is 5.78 Å². The molecule has 0 radical (unpaired) electrons. The highest BCUT2D eigenvalue weighted by atomic mass is 35.5. The molecule has 0 aliphatic carbocycles. The lowest BCUT2D eigenvalue weighted by atomic mass is 9.87. The van der Waals surface area contributed by atoms with Crippen LogP contribution in [0.3, 0.4) is 0 Å². The van der Waals surface area contributed by atoms with E-state index < -0.39 is 41.8 Å². The minimum atomic E-state index is -0.941. The molecule has 0 saturated carbocycles. The standard InChI is InChI=1S/C18H27NO3.C14H18ClNO3.C14H19NO3.C14H18O3.3C13H17NO3/c1-2-19(16-12-8-7-9-13-16)17(20)14-10-5-3-4-6-11-15-18(21)22;1-2-16(12-9-7-11(15)8-10-12)13(17)5-3-4-6-14(18)19;1-3-15(12-7-5-4-6-8-12)14(18)11(2)9-10-13(16)17;1-3-11(13(15)8-9-14(16)17)12-7-5-4-6-10(12)2;1-10-6-3-4-7-11(10)14(2)12(15)8-5-9-13(16)17;1-10-6-8-11(9-7-10)14(2)12(15)4-3-5-13(16)17;1-14(2)13(10-6-4-3-5-7-10)11(15)8-9-12(16)17/h7-9,12-13H,2-6,10-11,14-15H2,1H3,(H,21,22);7-10H,2-6H2,1H3,(H,18,19);4-8,11H,3,9-10H2,1-2H3,(H,16,17);4-7,11H,3,8-9H2,1-2H3,(H,16,17);3-4,6-7H,5,8-9H2,1-2H3,(H,16,17);6-9H,3-5H2,1-2H3,(H,16,17);3-7,13H,8-9H2,1-2H3,(H,16,17). The van der Waals surface area contributed by atoms with Gasteiger partial charge >= 0.3 is 41.8 Å². The zero-order valence-electron chi connectivity index (χ0n) is 75.8. The number of aliphatic carboxylic acids is 7. The number of carbonyl (C=O) groups excluding carboxylic acids is 7. The van der Waals surface area contributed by atoms with Crippen molar-refractivity contribution in [1.82, 2.24) is 4.90 Å². The number of anilines is 5. The number of aryl methyl sites for hydroxylation is 3. The van der Waals surface area contributed by atoms with Gasteiger partial charge in [0.2, 0.25) is 29.5 Å². The zero-order valence-corrected chi connectivity index (χ0v) is 76.6. The Balaban J connectivity index is 0.000000742. The van der Waals surface area contributed by atoms with E-state index in [1.807, 2.05) is 231 Å².